The van der Waals surface area contributed by atoms with E-state index in [2.05, 4.69) is 17.2 Å². The van der Waals surface area contributed by atoms with Crippen molar-refractivity contribution in [1.82, 2.24) is 10.2 Å². The first-order valence-corrected chi connectivity index (χ1v) is 9.74. The van der Waals surface area contributed by atoms with Gasteiger partial charge >= 0.3 is 0 Å². The Kier molecular flexibility index (Phi) is 6.67. The van der Waals surface area contributed by atoms with Crippen LogP contribution in [0, 0.1) is 0 Å². The number of hydrogen-bond donors (Lipinski definition) is 2. The van der Waals surface area contributed by atoms with Gasteiger partial charge in [0.05, 0.1) is 0 Å². The van der Waals surface area contributed by atoms with E-state index in [0.717, 1.165) is 6.42 Å². The summed E-state index contributed by atoms with van der Waals surface area (Å²) in [5.41, 5.74) is 1.48. The number of amides is 3. The van der Waals surface area contributed by atoms with Gasteiger partial charge in [-0.05, 0) is 55.3 Å². The number of halogens is 1. The molecule has 150 valence electrons. The Balaban J connectivity index is 1.66. The summed E-state index contributed by atoms with van der Waals surface area (Å²) in [5, 5.41) is 6.01. The van der Waals surface area contributed by atoms with E-state index in [1.54, 1.807) is 59.5 Å². The Bertz CT molecular complexity index is 927. The van der Waals surface area contributed by atoms with Crippen LogP contribution in [-0.2, 0) is 4.79 Å². The third-order valence-electron chi connectivity index (χ3n) is 4.71. The molecule has 0 bridgehead atoms. The van der Waals surface area contributed by atoms with Gasteiger partial charge in [0.1, 0.15) is 6.04 Å². The molecule has 7 heteroatoms. The molecule has 0 unspecified atom stereocenters. The summed E-state index contributed by atoms with van der Waals surface area (Å²) in [7, 11) is 0. The molecule has 29 heavy (non-hydrogen) atoms. The standard InChI is InChI=1S/C22H22ClN3O3/c1-2-12-24-21(28)19-7-4-13-26(19)22(29)15-8-10-18(11-9-15)25-20(27)16-5-3-6-17(23)14-16/h2-3,5-6,8-11,14,19H,1,4,7,12-13H2,(H,24,28)(H,25,27)/t19-/m0/s1. The van der Waals surface area contributed by atoms with Crippen LogP contribution in [0.4, 0.5) is 5.69 Å². The molecule has 1 fully saturated rings. The van der Waals surface area contributed by atoms with Crippen LogP contribution >= 0.6 is 11.6 Å². The summed E-state index contributed by atoms with van der Waals surface area (Å²) in [6, 6.07) is 12.8. The zero-order chi connectivity index (χ0) is 20.8. The van der Waals surface area contributed by atoms with Crippen LogP contribution in [0.2, 0.25) is 5.02 Å². The van der Waals surface area contributed by atoms with Crippen molar-refractivity contribution in [3.63, 3.8) is 0 Å². The van der Waals surface area contributed by atoms with E-state index in [1.165, 1.54) is 0 Å². The van der Waals surface area contributed by atoms with Crippen molar-refractivity contribution in [3.8, 4) is 0 Å². The van der Waals surface area contributed by atoms with Gasteiger partial charge in [-0.2, -0.15) is 0 Å². The fraction of sp³-hybridized carbons (Fsp3) is 0.227. The quantitative estimate of drug-likeness (QED) is 0.714. The molecule has 1 aliphatic heterocycles. The second-order valence-electron chi connectivity index (χ2n) is 6.73. The third kappa shape index (κ3) is 5.03. The smallest absolute Gasteiger partial charge is 0.255 e. The highest BCUT2D eigenvalue weighted by molar-refractivity contribution is 6.31. The molecule has 0 spiro atoms. The molecule has 0 aromatic heterocycles. The summed E-state index contributed by atoms with van der Waals surface area (Å²) in [6.45, 7) is 4.49. The highest BCUT2D eigenvalue weighted by Crippen LogP contribution is 2.21. The molecule has 2 N–H and O–H groups in total. The molecule has 1 atom stereocenters. The molecule has 2 aromatic rings. The predicted molar refractivity (Wildman–Crippen MR) is 113 cm³/mol. The highest BCUT2D eigenvalue weighted by Gasteiger charge is 2.34. The second kappa shape index (κ2) is 9.39. The number of nitrogens with one attached hydrogen (secondary N) is 2. The van der Waals surface area contributed by atoms with Gasteiger partial charge in [0.15, 0.2) is 0 Å². The van der Waals surface area contributed by atoms with Crippen LogP contribution in [0.3, 0.4) is 0 Å². The number of likely N-dealkylation sites (tertiary alicyclic amines) is 1. The number of benzene rings is 2. The van der Waals surface area contributed by atoms with Gasteiger partial charge in [-0.3, -0.25) is 14.4 Å². The van der Waals surface area contributed by atoms with Crippen molar-refractivity contribution in [1.29, 1.82) is 0 Å². The minimum absolute atomic E-state index is 0.166. The Morgan fingerprint density at radius 2 is 1.90 bits per heavy atom. The van der Waals surface area contributed by atoms with Gasteiger partial charge in [0.2, 0.25) is 5.91 Å². The molecule has 1 aliphatic rings. The zero-order valence-corrected chi connectivity index (χ0v) is 16.6. The molecular weight excluding hydrogens is 390 g/mol. The maximum absolute atomic E-state index is 12.9. The first-order valence-electron chi connectivity index (χ1n) is 9.36. The number of carbonyl (C=O) groups excluding carboxylic acids is 3. The molecule has 0 aliphatic carbocycles. The van der Waals surface area contributed by atoms with Crippen molar-refractivity contribution >= 4 is 35.0 Å². The second-order valence-corrected chi connectivity index (χ2v) is 7.17. The van der Waals surface area contributed by atoms with E-state index < -0.39 is 6.04 Å². The molecule has 3 rings (SSSR count). The largest absolute Gasteiger partial charge is 0.351 e. The summed E-state index contributed by atoms with van der Waals surface area (Å²) in [6.07, 6.45) is 3.03. The van der Waals surface area contributed by atoms with Crippen LogP contribution < -0.4 is 10.6 Å². The van der Waals surface area contributed by atoms with Crippen LogP contribution in [-0.4, -0.2) is 41.8 Å². The lowest BCUT2D eigenvalue weighted by atomic mass is 10.1. The molecule has 0 radical (unpaired) electrons. The summed E-state index contributed by atoms with van der Waals surface area (Å²) in [5.74, 6) is -0.653. The van der Waals surface area contributed by atoms with Gasteiger partial charge < -0.3 is 15.5 Å². The first kappa shape index (κ1) is 20.6. The van der Waals surface area contributed by atoms with E-state index in [1.807, 2.05) is 0 Å². The minimum atomic E-state index is -0.468. The molecule has 1 saturated heterocycles. The number of carbonyl (C=O) groups is 3. The number of hydrogen-bond acceptors (Lipinski definition) is 3. The van der Waals surface area contributed by atoms with E-state index in [9.17, 15) is 14.4 Å². The minimum Gasteiger partial charge on any atom is -0.351 e. The van der Waals surface area contributed by atoms with Crippen molar-refractivity contribution in [2.45, 2.75) is 18.9 Å². The van der Waals surface area contributed by atoms with Gasteiger partial charge in [0.25, 0.3) is 11.8 Å². The average molecular weight is 412 g/mol. The van der Waals surface area contributed by atoms with Crippen LogP contribution in [0.5, 0.6) is 0 Å². The highest BCUT2D eigenvalue weighted by atomic mass is 35.5. The van der Waals surface area contributed by atoms with Gasteiger partial charge in [-0.15, -0.1) is 6.58 Å². The average Bonchev–Trinajstić information content (AvgIpc) is 3.22. The lowest BCUT2D eigenvalue weighted by molar-refractivity contribution is -0.124. The van der Waals surface area contributed by atoms with E-state index in [4.69, 9.17) is 11.6 Å². The Labute approximate surface area is 174 Å². The Hall–Kier alpha value is -3.12. The normalized spacial score (nSPS) is 15.6. The fourth-order valence-corrected chi connectivity index (χ4v) is 3.46. The molecule has 0 saturated carbocycles. The molecule has 6 nitrogen and oxygen atoms in total. The topological polar surface area (TPSA) is 78.5 Å². The summed E-state index contributed by atoms with van der Waals surface area (Å²) < 4.78 is 0. The van der Waals surface area contributed by atoms with Gasteiger partial charge in [-0.25, -0.2) is 0 Å². The first-order chi connectivity index (χ1) is 14.0. The molecular formula is C22H22ClN3O3. The van der Waals surface area contributed by atoms with Crippen molar-refractivity contribution in [2.75, 3.05) is 18.4 Å². The third-order valence-corrected chi connectivity index (χ3v) is 4.95. The van der Waals surface area contributed by atoms with Gasteiger partial charge in [-0.1, -0.05) is 23.7 Å². The van der Waals surface area contributed by atoms with Crippen molar-refractivity contribution in [3.05, 3.63) is 77.3 Å². The maximum Gasteiger partial charge on any atom is 0.255 e. The van der Waals surface area contributed by atoms with Crippen molar-refractivity contribution < 1.29 is 14.4 Å². The van der Waals surface area contributed by atoms with Crippen LogP contribution in [0.1, 0.15) is 33.6 Å². The van der Waals surface area contributed by atoms with Crippen LogP contribution in [0.25, 0.3) is 0 Å². The maximum atomic E-state index is 12.9. The Morgan fingerprint density at radius 1 is 1.14 bits per heavy atom. The lowest BCUT2D eigenvalue weighted by Gasteiger charge is -2.24. The number of nitrogens with zero attached hydrogens (tertiary/aromatic N) is 1. The van der Waals surface area contributed by atoms with Crippen molar-refractivity contribution in [2.24, 2.45) is 0 Å². The van der Waals surface area contributed by atoms with Crippen LogP contribution in [0.15, 0.2) is 61.2 Å². The molecule has 1 heterocycles. The SMILES string of the molecule is C=CCNC(=O)[C@@H]1CCCN1C(=O)c1ccc(NC(=O)c2cccc(Cl)c2)cc1. The zero-order valence-electron chi connectivity index (χ0n) is 15.9. The van der Waals surface area contributed by atoms with E-state index in [0.29, 0.717) is 41.3 Å². The van der Waals surface area contributed by atoms with E-state index >= 15 is 0 Å². The predicted octanol–water partition coefficient (Wildman–Crippen LogP) is 3.50. The Morgan fingerprint density at radius 3 is 2.59 bits per heavy atom. The monoisotopic (exact) mass is 411 g/mol. The molecule has 2 aromatic carbocycles. The lowest BCUT2D eigenvalue weighted by Crippen LogP contribution is -2.46. The summed E-state index contributed by atoms with van der Waals surface area (Å²) >= 11 is 5.92. The summed E-state index contributed by atoms with van der Waals surface area (Å²) in [4.78, 5) is 39.0. The molecule has 3 amide bonds. The van der Waals surface area contributed by atoms with E-state index in [-0.39, 0.29) is 17.7 Å². The van der Waals surface area contributed by atoms with Gasteiger partial charge in [0, 0.05) is 34.9 Å². The number of anilines is 1. The fourth-order valence-electron chi connectivity index (χ4n) is 3.27. The number of rotatable bonds is 6.